The molecule has 3 fully saturated rings. The van der Waals surface area contributed by atoms with Gasteiger partial charge in [-0.3, -0.25) is 24.8 Å². The van der Waals surface area contributed by atoms with Gasteiger partial charge in [-0.25, -0.2) is 4.79 Å². The van der Waals surface area contributed by atoms with Crippen molar-refractivity contribution in [1.29, 1.82) is 0 Å². The molecule has 3 aliphatic heterocycles. The fourth-order valence-electron chi connectivity index (χ4n) is 4.48. The quantitative estimate of drug-likeness (QED) is 0.725. The number of benzene rings is 1. The lowest BCUT2D eigenvalue weighted by molar-refractivity contribution is -0.140. The first-order valence-electron chi connectivity index (χ1n) is 10.1. The molecule has 3 atom stereocenters. The van der Waals surface area contributed by atoms with Crippen molar-refractivity contribution in [2.24, 2.45) is 0 Å². The van der Waals surface area contributed by atoms with Crippen LogP contribution in [0.15, 0.2) is 30.3 Å². The molecule has 3 heterocycles. The predicted molar refractivity (Wildman–Crippen MR) is 104 cm³/mol. The Hall–Kier alpha value is -2.00. The van der Waals surface area contributed by atoms with Crippen molar-refractivity contribution >= 4 is 11.9 Å². The molecule has 0 spiro atoms. The van der Waals surface area contributed by atoms with E-state index in [4.69, 9.17) is 4.74 Å². The van der Waals surface area contributed by atoms with Crippen molar-refractivity contribution in [2.45, 2.75) is 38.4 Å². The number of amides is 3. The molecule has 28 heavy (non-hydrogen) atoms. The summed E-state index contributed by atoms with van der Waals surface area (Å²) in [4.78, 5) is 33.5. The summed E-state index contributed by atoms with van der Waals surface area (Å²) < 4.78 is 5.37. The normalized spacial score (nSPS) is 28.6. The minimum absolute atomic E-state index is 0.0463. The topological polar surface area (TPSA) is 68.4 Å². The van der Waals surface area contributed by atoms with Crippen LogP contribution in [-0.4, -0.2) is 89.9 Å². The van der Waals surface area contributed by atoms with Gasteiger partial charge in [-0.2, -0.15) is 0 Å². The standard InChI is InChI=1S/C20H29N5O3/c1-3-28-13-12-25-18(26)16-17(22(2)20(25)27)21-19-23(10-7-11-24(16)19)14-15-8-5-4-6-9-15/h4-6,8-9,16-17,19,21H,3,7,10-14H2,1-2H3. The Morgan fingerprint density at radius 2 is 1.96 bits per heavy atom. The highest BCUT2D eigenvalue weighted by Gasteiger charge is 2.55. The number of rotatable bonds is 6. The van der Waals surface area contributed by atoms with Gasteiger partial charge < -0.3 is 9.64 Å². The van der Waals surface area contributed by atoms with E-state index < -0.39 is 0 Å². The number of hydrogen-bond donors (Lipinski definition) is 1. The van der Waals surface area contributed by atoms with Crippen LogP contribution in [-0.2, 0) is 16.1 Å². The van der Waals surface area contributed by atoms with Gasteiger partial charge in [0.15, 0.2) is 0 Å². The molecule has 0 aliphatic carbocycles. The number of fused-ring (bicyclic) bond motifs is 3. The molecule has 1 aromatic rings. The van der Waals surface area contributed by atoms with Crippen LogP contribution in [0.2, 0.25) is 0 Å². The molecule has 3 amide bonds. The number of imide groups is 1. The van der Waals surface area contributed by atoms with E-state index in [-0.39, 0.29) is 30.4 Å². The summed E-state index contributed by atoms with van der Waals surface area (Å²) in [6.07, 6.45) is 0.651. The summed E-state index contributed by atoms with van der Waals surface area (Å²) in [5, 5.41) is 3.54. The molecule has 3 saturated heterocycles. The third kappa shape index (κ3) is 3.41. The maximum atomic E-state index is 13.2. The second kappa shape index (κ2) is 8.16. The van der Waals surface area contributed by atoms with Crippen molar-refractivity contribution in [3.63, 3.8) is 0 Å². The highest BCUT2D eigenvalue weighted by molar-refractivity contribution is 6.00. The van der Waals surface area contributed by atoms with Crippen molar-refractivity contribution in [2.75, 3.05) is 39.9 Å². The predicted octanol–water partition coefficient (Wildman–Crippen LogP) is 0.706. The van der Waals surface area contributed by atoms with E-state index in [1.165, 1.54) is 10.5 Å². The molecule has 0 bridgehead atoms. The Morgan fingerprint density at radius 3 is 2.71 bits per heavy atom. The zero-order chi connectivity index (χ0) is 19.7. The van der Waals surface area contributed by atoms with Gasteiger partial charge in [-0.05, 0) is 18.9 Å². The minimum atomic E-state index is -0.354. The molecule has 3 unspecified atom stereocenters. The average Bonchev–Trinajstić information content (AvgIpc) is 3.11. The first-order valence-corrected chi connectivity index (χ1v) is 10.1. The molecule has 1 N–H and O–H groups in total. The van der Waals surface area contributed by atoms with Gasteiger partial charge in [0.2, 0.25) is 0 Å². The van der Waals surface area contributed by atoms with Crippen molar-refractivity contribution in [3.05, 3.63) is 35.9 Å². The third-order valence-corrected chi connectivity index (χ3v) is 5.86. The lowest BCUT2D eigenvalue weighted by atomic mass is 10.1. The van der Waals surface area contributed by atoms with Gasteiger partial charge in [-0.15, -0.1) is 0 Å². The summed E-state index contributed by atoms with van der Waals surface area (Å²) >= 11 is 0. The molecular weight excluding hydrogens is 358 g/mol. The van der Waals surface area contributed by atoms with Crippen molar-refractivity contribution < 1.29 is 14.3 Å². The monoisotopic (exact) mass is 387 g/mol. The Morgan fingerprint density at radius 1 is 1.18 bits per heavy atom. The summed E-state index contributed by atoms with van der Waals surface area (Å²) in [6, 6.07) is 9.75. The molecular formula is C20H29N5O3. The molecule has 0 radical (unpaired) electrons. The van der Waals surface area contributed by atoms with Crippen LogP contribution in [0.3, 0.4) is 0 Å². The van der Waals surface area contributed by atoms with E-state index in [0.29, 0.717) is 19.8 Å². The van der Waals surface area contributed by atoms with Gasteiger partial charge in [0, 0.05) is 33.3 Å². The molecule has 3 aliphatic rings. The first kappa shape index (κ1) is 19.3. The third-order valence-electron chi connectivity index (χ3n) is 5.86. The van der Waals surface area contributed by atoms with Crippen LogP contribution in [0.4, 0.5) is 4.79 Å². The van der Waals surface area contributed by atoms with Crippen LogP contribution in [0, 0.1) is 0 Å². The zero-order valence-corrected chi connectivity index (χ0v) is 16.6. The average molecular weight is 387 g/mol. The SMILES string of the molecule is CCOCCN1C(=O)C2C(NC3N(Cc4ccccc4)CCCN23)N(C)C1=O. The highest BCUT2D eigenvalue weighted by atomic mass is 16.5. The fourth-order valence-corrected chi connectivity index (χ4v) is 4.48. The van der Waals surface area contributed by atoms with Crippen LogP contribution in [0.5, 0.6) is 0 Å². The lowest BCUT2D eigenvalue weighted by Gasteiger charge is -2.43. The van der Waals surface area contributed by atoms with Crippen LogP contribution in [0.25, 0.3) is 0 Å². The molecule has 0 aromatic heterocycles. The smallest absolute Gasteiger partial charge is 0.327 e. The molecule has 152 valence electrons. The summed E-state index contributed by atoms with van der Waals surface area (Å²) in [5.74, 6) is -0.121. The largest absolute Gasteiger partial charge is 0.380 e. The van der Waals surface area contributed by atoms with E-state index in [1.54, 1.807) is 11.9 Å². The maximum Gasteiger partial charge on any atom is 0.327 e. The van der Waals surface area contributed by atoms with Gasteiger partial charge in [0.1, 0.15) is 18.5 Å². The Kier molecular flexibility index (Phi) is 5.63. The van der Waals surface area contributed by atoms with E-state index >= 15 is 0 Å². The van der Waals surface area contributed by atoms with Gasteiger partial charge in [0.05, 0.1) is 13.2 Å². The van der Waals surface area contributed by atoms with Gasteiger partial charge >= 0.3 is 6.03 Å². The number of ether oxygens (including phenoxy) is 1. The Labute approximate surface area is 166 Å². The van der Waals surface area contributed by atoms with Crippen LogP contribution < -0.4 is 5.32 Å². The summed E-state index contributed by atoms with van der Waals surface area (Å²) in [5.41, 5.74) is 1.25. The van der Waals surface area contributed by atoms with E-state index in [9.17, 15) is 9.59 Å². The molecule has 4 rings (SSSR count). The summed E-state index contributed by atoms with van der Waals surface area (Å²) in [6.45, 7) is 5.76. The first-order chi connectivity index (χ1) is 13.6. The minimum Gasteiger partial charge on any atom is -0.380 e. The molecule has 8 heteroatoms. The maximum absolute atomic E-state index is 13.2. The second-order valence-electron chi connectivity index (χ2n) is 7.56. The Balaban J connectivity index is 1.53. The number of carbonyl (C=O) groups is 2. The number of urea groups is 1. The van der Waals surface area contributed by atoms with E-state index in [2.05, 4.69) is 27.2 Å². The van der Waals surface area contributed by atoms with Crippen LogP contribution in [0.1, 0.15) is 18.9 Å². The summed E-state index contributed by atoms with van der Waals surface area (Å²) in [7, 11) is 1.77. The second-order valence-corrected chi connectivity index (χ2v) is 7.56. The zero-order valence-electron chi connectivity index (χ0n) is 16.6. The van der Waals surface area contributed by atoms with E-state index in [0.717, 1.165) is 26.1 Å². The number of likely N-dealkylation sites (N-methyl/N-ethyl adjacent to an activating group) is 1. The number of carbonyl (C=O) groups excluding carboxylic acids is 2. The number of nitrogens with one attached hydrogen (secondary N) is 1. The molecule has 1 aromatic carbocycles. The van der Waals surface area contributed by atoms with Gasteiger partial charge in [0.25, 0.3) is 5.91 Å². The van der Waals surface area contributed by atoms with Crippen molar-refractivity contribution in [1.82, 2.24) is 24.9 Å². The fraction of sp³-hybridized carbons (Fsp3) is 0.600. The van der Waals surface area contributed by atoms with Gasteiger partial charge in [-0.1, -0.05) is 30.3 Å². The molecule has 8 nitrogen and oxygen atoms in total. The highest BCUT2D eigenvalue weighted by Crippen LogP contribution is 2.31. The van der Waals surface area contributed by atoms with Crippen LogP contribution >= 0.6 is 0 Å². The van der Waals surface area contributed by atoms with E-state index in [1.807, 2.05) is 25.1 Å². The lowest BCUT2D eigenvalue weighted by Crippen LogP contribution is -2.66. The number of nitrogens with zero attached hydrogens (tertiary/aromatic N) is 4. The molecule has 0 saturated carbocycles. The number of hydrogen-bond acceptors (Lipinski definition) is 6. The van der Waals surface area contributed by atoms with Crippen molar-refractivity contribution in [3.8, 4) is 0 Å². The Bertz CT molecular complexity index is 715.